The number of nitrogens with one attached hydrogen (secondary N) is 1. The molecule has 0 saturated heterocycles. The van der Waals surface area contributed by atoms with Gasteiger partial charge in [0.05, 0.1) is 6.61 Å². The van der Waals surface area contributed by atoms with Gasteiger partial charge in [-0.3, -0.25) is 0 Å². The third-order valence-electron chi connectivity index (χ3n) is 3.09. The molecule has 18 heavy (non-hydrogen) atoms. The van der Waals surface area contributed by atoms with Crippen molar-refractivity contribution in [3.8, 4) is 5.88 Å². The van der Waals surface area contributed by atoms with Crippen LogP contribution in [0.15, 0.2) is 6.07 Å². The lowest BCUT2D eigenvalue weighted by Crippen LogP contribution is -2.05. The van der Waals surface area contributed by atoms with Crippen molar-refractivity contribution < 1.29 is 4.74 Å². The number of aromatic nitrogens is 2. The Kier molecular flexibility index (Phi) is 4.39. The maximum absolute atomic E-state index is 5.73. The highest BCUT2D eigenvalue weighted by Gasteiger charge is 2.27. The molecule has 1 aromatic rings. The summed E-state index contributed by atoms with van der Waals surface area (Å²) >= 11 is 0. The van der Waals surface area contributed by atoms with Crippen molar-refractivity contribution in [3.05, 3.63) is 11.9 Å². The molecular formula is C14H23N3O. The lowest BCUT2D eigenvalue weighted by molar-refractivity contribution is 0.286. The first-order chi connectivity index (χ1) is 8.69. The number of ether oxygens (including phenoxy) is 1. The lowest BCUT2D eigenvalue weighted by atomic mass is 10.1. The summed E-state index contributed by atoms with van der Waals surface area (Å²) in [5, 5.41) is 3.07. The average molecular weight is 249 g/mol. The fourth-order valence-corrected chi connectivity index (χ4v) is 1.84. The van der Waals surface area contributed by atoms with Crippen LogP contribution in [0.2, 0.25) is 0 Å². The van der Waals surface area contributed by atoms with Crippen molar-refractivity contribution in [2.75, 3.05) is 19.0 Å². The first-order valence-corrected chi connectivity index (χ1v) is 6.88. The van der Waals surface area contributed by atoms with Gasteiger partial charge in [-0.1, -0.05) is 13.8 Å². The Balaban J connectivity index is 1.92. The van der Waals surface area contributed by atoms with Gasteiger partial charge in [-0.2, -0.15) is 4.98 Å². The monoisotopic (exact) mass is 249 g/mol. The zero-order valence-corrected chi connectivity index (χ0v) is 11.6. The molecule has 0 aromatic carbocycles. The zero-order valence-electron chi connectivity index (χ0n) is 11.6. The maximum atomic E-state index is 5.73. The summed E-state index contributed by atoms with van der Waals surface area (Å²) in [6, 6.07) is 1.88. The molecule has 0 bridgehead atoms. The predicted molar refractivity (Wildman–Crippen MR) is 73.1 cm³/mol. The normalized spacial score (nSPS) is 14.9. The summed E-state index contributed by atoms with van der Waals surface area (Å²) in [5.41, 5.74) is 0. The number of hydrogen-bond donors (Lipinski definition) is 1. The van der Waals surface area contributed by atoms with E-state index in [2.05, 4.69) is 29.1 Å². The average Bonchev–Trinajstić information content (AvgIpc) is 3.18. The summed E-state index contributed by atoms with van der Waals surface area (Å²) in [4.78, 5) is 8.95. The van der Waals surface area contributed by atoms with Gasteiger partial charge in [0.2, 0.25) is 5.88 Å². The largest absolute Gasteiger partial charge is 0.478 e. The van der Waals surface area contributed by atoms with Crippen molar-refractivity contribution in [2.24, 2.45) is 5.92 Å². The quantitative estimate of drug-likeness (QED) is 0.754. The minimum Gasteiger partial charge on any atom is -0.478 e. The Morgan fingerprint density at radius 3 is 2.78 bits per heavy atom. The molecule has 0 aliphatic heterocycles. The van der Waals surface area contributed by atoms with Gasteiger partial charge in [-0.15, -0.1) is 0 Å². The molecule has 1 aliphatic carbocycles. The summed E-state index contributed by atoms with van der Waals surface area (Å²) in [5.74, 6) is 3.77. The molecule has 4 heteroatoms. The summed E-state index contributed by atoms with van der Waals surface area (Å²) < 4.78 is 5.73. The lowest BCUT2D eigenvalue weighted by Gasteiger charge is -2.09. The van der Waals surface area contributed by atoms with Crippen LogP contribution in [0, 0.1) is 5.92 Å². The topological polar surface area (TPSA) is 47.0 Å². The molecule has 100 valence electrons. The van der Waals surface area contributed by atoms with Gasteiger partial charge >= 0.3 is 0 Å². The molecule has 1 heterocycles. The summed E-state index contributed by atoms with van der Waals surface area (Å²) in [6.45, 7) is 5.20. The van der Waals surface area contributed by atoms with E-state index in [-0.39, 0.29) is 0 Å². The molecule has 1 fully saturated rings. The second-order valence-electron chi connectivity index (χ2n) is 5.36. The number of nitrogens with zero attached hydrogens (tertiary/aromatic N) is 2. The van der Waals surface area contributed by atoms with Gasteiger partial charge in [0.1, 0.15) is 11.6 Å². The second-order valence-corrected chi connectivity index (χ2v) is 5.36. The summed E-state index contributed by atoms with van der Waals surface area (Å²) in [6.07, 6.45) is 4.69. The highest BCUT2D eigenvalue weighted by molar-refractivity contribution is 5.38. The molecule has 1 N–H and O–H groups in total. The molecule has 1 aromatic heterocycles. The zero-order chi connectivity index (χ0) is 13.0. The minimum atomic E-state index is 0.552. The van der Waals surface area contributed by atoms with E-state index in [0.717, 1.165) is 30.6 Å². The molecule has 0 unspecified atom stereocenters. The molecule has 0 spiro atoms. The Morgan fingerprint density at radius 1 is 1.39 bits per heavy atom. The van der Waals surface area contributed by atoms with E-state index in [1.165, 1.54) is 19.3 Å². The van der Waals surface area contributed by atoms with Gasteiger partial charge in [0.15, 0.2) is 0 Å². The highest BCUT2D eigenvalue weighted by Crippen LogP contribution is 2.39. The van der Waals surface area contributed by atoms with Crippen molar-refractivity contribution in [3.63, 3.8) is 0 Å². The van der Waals surface area contributed by atoms with E-state index in [4.69, 9.17) is 4.74 Å². The van der Waals surface area contributed by atoms with Gasteiger partial charge in [-0.25, -0.2) is 4.98 Å². The fourth-order valence-electron chi connectivity index (χ4n) is 1.84. The molecule has 4 nitrogen and oxygen atoms in total. The smallest absolute Gasteiger partial charge is 0.218 e. The van der Waals surface area contributed by atoms with Crippen molar-refractivity contribution >= 4 is 5.82 Å². The molecule has 0 radical (unpaired) electrons. The Bertz CT molecular complexity index is 389. The van der Waals surface area contributed by atoms with Crippen LogP contribution in [-0.4, -0.2) is 23.6 Å². The SMILES string of the molecule is CNc1cc(OCCCC(C)C)nc(C2CC2)n1. The van der Waals surface area contributed by atoms with Crippen LogP contribution < -0.4 is 10.1 Å². The van der Waals surface area contributed by atoms with Gasteiger partial charge in [0, 0.05) is 19.0 Å². The van der Waals surface area contributed by atoms with E-state index in [1.54, 1.807) is 0 Å². The Labute approximate surface area is 109 Å². The van der Waals surface area contributed by atoms with Crippen LogP contribution in [0.1, 0.15) is 51.3 Å². The highest BCUT2D eigenvalue weighted by atomic mass is 16.5. The van der Waals surface area contributed by atoms with Crippen LogP contribution in [0.25, 0.3) is 0 Å². The van der Waals surface area contributed by atoms with Crippen molar-refractivity contribution in [1.82, 2.24) is 9.97 Å². The van der Waals surface area contributed by atoms with Crippen molar-refractivity contribution in [1.29, 1.82) is 0 Å². The first kappa shape index (κ1) is 13.1. The Hall–Kier alpha value is -1.32. The second kappa shape index (κ2) is 6.03. The van der Waals surface area contributed by atoms with E-state index in [9.17, 15) is 0 Å². The first-order valence-electron chi connectivity index (χ1n) is 6.88. The fraction of sp³-hybridized carbons (Fsp3) is 0.714. The minimum absolute atomic E-state index is 0.552. The van der Waals surface area contributed by atoms with Crippen LogP contribution in [0.5, 0.6) is 5.88 Å². The van der Waals surface area contributed by atoms with E-state index >= 15 is 0 Å². The van der Waals surface area contributed by atoms with Gasteiger partial charge < -0.3 is 10.1 Å². The Morgan fingerprint density at radius 2 is 2.17 bits per heavy atom. The predicted octanol–water partition coefficient (Wildman–Crippen LogP) is 3.21. The van der Waals surface area contributed by atoms with Crippen LogP contribution in [-0.2, 0) is 0 Å². The van der Waals surface area contributed by atoms with Gasteiger partial charge in [-0.05, 0) is 31.6 Å². The standard InChI is InChI=1S/C14H23N3O/c1-10(2)5-4-8-18-13-9-12(15-3)16-14(17-13)11-6-7-11/h9-11H,4-8H2,1-3H3,(H,15,16,17). The molecule has 1 saturated carbocycles. The molecule has 0 amide bonds. The third kappa shape index (κ3) is 3.86. The van der Waals surface area contributed by atoms with E-state index in [1.807, 2.05) is 13.1 Å². The maximum Gasteiger partial charge on any atom is 0.218 e. The molecular weight excluding hydrogens is 226 g/mol. The number of anilines is 1. The van der Waals surface area contributed by atoms with Crippen LogP contribution in [0.3, 0.4) is 0 Å². The molecule has 0 atom stereocenters. The summed E-state index contributed by atoms with van der Waals surface area (Å²) in [7, 11) is 1.88. The van der Waals surface area contributed by atoms with Gasteiger partial charge in [0.25, 0.3) is 0 Å². The van der Waals surface area contributed by atoms with Crippen LogP contribution >= 0.6 is 0 Å². The van der Waals surface area contributed by atoms with E-state index in [0.29, 0.717) is 11.8 Å². The van der Waals surface area contributed by atoms with Crippen LogP contribution in [0.4, 0.5) is 5.82 Å². The number of rotatable bonds is 7. The molecule has 1 aliphatic rings. The number of hydrogen-bond acceptors (Lipinski definition) is 4. The molecule has 2 rings (SSSR count). The van der Waals surface area contributed by atoms with E-state index < -0.39 is 0 Å². The third-order valence-corrected chi connectivity index (χ3v) is 3.09. The van der Waals surface area contributed by atoms with Crippen molar-refractivity contribution in [2.45, 2.75) is 45.4 Å².